The van der Waals surface area contributed by atoms with Crippen LogP contribution >= 0.6 is 15.9 Å². The Labute approximate surface area is 231 Å². The number of halogens is 1. The summed E-state index contributed by atoms with van der Waals surface area (Å²) in [4.78, 5) is 57.2. The Morgan fingerprint density at radius 3 is 2.66 bits per heavy atom. The van der Waals surface area contributed by atoms with Gasteiger partial charge in [-0.1, -0.05) is 41.4 Å². The van der Waals surface area contributed by atoms with Crippen LogP contribution in [0.25, 0.3) is 0 Å². The van der Waals surface area contributed by atoms with Crippen molar-refractivity contribution in [3.63, 3.8) is 0 Å². The third-order valence-corrected chi connectivity index (χ3v) is 8.45. The number of esters is 1. The lowest BCUT2D eigenvalue weighted by molar-refractivity contribution is -0.158. The molecule has 6 atom stereocenters. The van der Waals surface area contributed by atoms with Crippen molar-refractivity contribution < 1.29 is 33.8 Å². The number of hydrogen-bond donors (Lipinski definition) is 2. The number of allylic oxidation sites excluding steroid dienone is 1. The van der Waals surface area contributed by atoms with Gasteiger partial charge in [0.15, 0.2) is 0 Å². The van der Waals surface area contributed by atoms with Crippen LogP contribution in [0.2, 0.25) is 0 Å². The van der Waals surface area contributed by atoms with Crippen molar-refractivity contribution in [1.82, 2.24) is 15.1 Å². The van der Waals surface area contributed by atoms with E-state index in [-0.39, 0.29) is 43.8 Å². The van der Waals surface area contributed by atoms with Gasteiger partial charge in [-0.05, 0) is 38.7 Å². The topological polar surface area (TPSA) is 125 Å². The maximum atomic E-state index is 14.3. The van der Waals surface area contributed by atoms with Gasteiger partial charge < -0.3 is 29.7 Å². The number of carbonyl (C=O) groups is 4. The number of likely N-dealkylation sites (tertiary alicyclic amines) is 1. The molecule has 4 aliphatic heterocycles. The zero-order valence-electron chi connectivity index (χ0n) is 22.1. The molecule has 11 heteroatoms. The van der Waals surface area contributed by atoms with Gasteiger partial charge in [-0.25, -0.2) is 0 Å². The molecule has 0 aromatic carbocycles. The van der Waals surface area contributed by atoms with Gasteiger partial charge in [0, 0.05) is 37.1 Å². The minimum Gasteiger partial charge on any atom is -0.460 e. The first-order chi connectivity index (χ1) is 18.2. The van der Waals surface area contributed by atoms with Gasteiger partial charge in [-0.15, -0.1) is 0 Å². The molecular weight excluding hydrogens is 558 g/mol. The Balaban J connectivity index is 1.75. The molecule has 0 aromatic heterocycles. The third-order valence-electron chi connectivity index (χ3n) is 7.77. The molecule has 1 spiro atoms. The first-order valence-electron chi connectivity index (χ1n) is 13.6. The van der Waals surface area contributed by atoms with Gasteiger partial charge in [0.25, 0.3) is 0 Å². The molecule has 10 nitrogen and oxygen atoms in total. The fourth-order valence-electron chi connectivity index (χ4n) is 5.91. The molecule has 4 rings (SSSR count). The summed E-state index contributed by atoms with van der Waals surface area (Å²) >= 11 is 3.53. The number of fused-ring (bicyclic) bond motifs is 2. The fourth-order valence-corrected chi connectivity index (χ4v) is 6.65. The highest BCUT2D eigenvalue weighted by Gasteiger charge is 2.74. The Hall–Kier alpha value is -2.24. The van der Waals surface area contributed by atoms with Crippen LogP contribution in [-0.2, 0) is 28.7 Å². The molecule has 2 fully saturated rings. The van der Waals surface area contributed by atoms with Crippen LogP contribution in [0.15, 0.2) is 22.7 Å². The first kappa shape index (κ1) is 28.8. The highest BCUT2D eigenvalue weighted by atomic mass is 79.9. The van der Waals surface area contributed by atoms with E-state index >= 15 is 0 Å². The lowest BCUT2D eigenvalue weighted by Gasteiger charge is -2.36. The van der Waals surface area contributed by atoms with Crippen molar-refractivity contribution in [3.8, 4) is 0 Å². The maximum Gasteiger partial charge on any atom is 0.313 e. The summed E-state index contributed by atoms with van der Waals surface area (Å²) in [7, 11) is 0. The van der Waals surface area contributed by atoms with E-state index < -0.39 is 41.7 Å². The van der Waals surface area contributed by atoms with Crippen LogP contribution in [-0.4, -0.2) is 95.2 Å². The van der Waals surface area contributed by atoms with Gasteiger partial charge in [-0.3, -0.25) is 19.2 Å². The van der Waals surface area contributed by atoms with E-state index in [0.717, 1.165) is 12.8 Å². The molecule has 4 heterocycles. The van der Waals surface area contributed by atoms with Crippen LogP contribution in [0.4, 0.5) is 0 Å². The fraction of sp³-hybridized carbons (Fsp3) is 0.704. The summed E-state index contributed by atoms with van der Waals surface area (Å²) < 4.78 is 12.7. The van der Waals surface area contributed by atoms with Crippen LogP contribution in [0.3, 0.4) is 0 Å². The Kier molecular flexibility index (Phi) is 9.31. The highest BCUT2D eigenvalue weighted by molar-refractivity contribution is 9.11. The predicted octanol–water partition coefficient (Wildman–Crippen LogP) is 1.66. The van der Waals surface area contributed by atoms with E-state index in [4.69, 9.17) is 9.47 Å². The minimum atomic E-state index is -1.29. The second kappa shape index (κ2) is 12.3. The van der Waals surface area contributed by atoms with E-state index in [2.05, 4.69) is 21.2 Å². The van der Waals surface area contributed by atoms with Crippen LogP contribution < -0.4 is 5.32 Å². The summed E-state index contributed by atoms with van der Waals surface area (Å²) in [5.41, 5.74) is -1.29. The molecule has 4 aliphatic rings. The molecule has 0 saturated carbocycles. The third kappa shape index (κ3) is 5.42. The number of aliphatic hydroxyl groups excluding tert-OH is 1. The van der Waals surface area contributed by atoms with Crippen molar-refractivity contribution in [2.45, 2.75) is 76.2 Å². The molecule has 5 bridgehead atoms. The maximum absolute atomic E-state index is 14.3. The minimum absolute atomic E-state index is 0.0178. The molecule has 2 saturated heterocycles. The SMILES string of the molecule is CCCCN1C/C=C\CCC(=O)NC[C@H](C)OC(=O)[C@H]2[C@@H]3O[C@@]4(C=C3Br)[C@@H]2C(=O)N(CCCCO)[C@@H]4C1=O. The smallest absolute Gasteiger partial charge is 0.313 e. The Morgan fingerprint density at radius 1 is 1.13 bits per heavy atom. The number of nitrogens with zero attached hydrogens (tertiary/aromatic N) is 2. The lowest BCUT2D eigenvalue weighted by atomic mass is 9.74. The predicted molar refractivity (Wildman–Crippen MR) is 142 cm³/mol. The number of amides is 3. The summed E-state index contributed by atoms with van der Waals surface area (Å²) in [6.07, 6.45) is 7.73. The van der Waals surface area contributed by atoms with Gasteiger partial charge in [0.1, 0.15) is 29.8 Å². The molecule has 0 aliphatic carbocycles. The monoisotopic (exact) mass is 595 g/mol. The summed E-state index contributed by atoms with van der Waals surface area (Å²) in [6, 6.07) is -0.935. The quantitative estimate of drug-likeness (QED) is 0.260. The average Bonchev–Trinajstić information content (AvgIpc) is 3.47. The summed E-state index contributed by atoms with van der Waals surface area (Å²) in [5, 5.41) is 12.1. The Bertz CT molecular complexity index is 1000. The van der Waals surface area contributed by atoms with E-state index in [9.17, 15) is 24.3 Å². The van der Waals surface area contributed by atoms with Gasteiger partial charge in [-0.2, -0.15) is 0 Å². The number of aliphatic hydroxyl groups is 1. The van der Waals surface area contributed by atoms with E-state index in [1.54, 1.807) is 22.8 Å². The van der Waals surface area contributed by atoms with Gasteiger partial charge >= 0.3 is 5.97 Å². The van der Waals surface area contributed by atoms with Crippen molar-refractivity contribution in [2.75, 3.05) is 32.8 Å². The first-order valence-corrected chi connectivity index (χ1v) is 14.4. The normalized spacial score (nSPS) is 34.7. The number of hydrogen-bond acceptors (Lipinski definition) is 7. The second-order valence-corrected chi connectivity index (χ2v) is 11.4. The number of carbonyl (C=O) groups excluding carboxylic acids is 4. The molecule has 0 radical (unpaired) electrons. The van der Waals surface area contributed by atoms with Crippen molar-refractivity contribution in [3.05, 3.63) is 22.7 Å². The Morgan fingerprint density at radius 2 is 1.92 bits per heavy atom. The largest absolute Gasteiger partial charge is 0.460 e. The molecule has 38 heavy (non-hydrogen) atoms. The van der Waals surface area contributed by atoms with Crippen LogP contribution in [0.5, 0.6) is 0 Å². The summed E-state index contributed by atoms with van der Waals surface area (Å²) in [6.45, 7) is 5.00. The molecule has 2 N–H and O–H groups in total. The summed E-state index contributed by atoms with van der Waals surface area (Å²) in [5.74, 6) is -3.09. The molecule has 0 aromatic rings. The number of unbranched alkanes of at least 4 members (excludes halogenated alkanes) is 2. The van der Waals surface area contributed by atoms with E-state index in [1.807, 2.05) is 19.1 Å². The molecule has 210 valence electrons. The average molecular weight is 597 g/mol. The number of rotatable bonds is 7. The lowest BCUT2D eigenvalue weighted by Crippen LogP contribution is -2.56. The molecule has 0 unspecified atom stereocenters. The zero-order valence-corrected chi connectivity index (χ0v) is 23.7. The highest BCUT2D eigenvalue weighted by Crippen LogP contribution is 2.58. The number of ether oxygens (including phenoxy) is 2. The van der Waals surface area contributed by atoms with Gasteiger partial charge in [0.2, 0.25) is 17.7 Å². The van der Waals surface area contributed by atoms with E-state index in [0.29, 0.717) is 36.8 Å². The van der Waals surface area contributed by atoms with Crippen LogP contribution in [0, 0.1) is 11.8 Å². The van der Waals surface area contributed by atoms with Crippen molar-refractivity contribution >= 4 is 39.6 Å². The second-order valence-electron chi connectivity index (χ2n) is 10.5. The molecule has 3 amide bonds. The van der Waals surface area contributed by atoms with E-state index in [1.165, 1.54) is 0 Å². The van der Waals surface area contributed by atoms with Crippen molar-refractivity contribution in [1.29, 1.82) is 0 Å². The van der Waals surface area contributed by atoms with Gasteiger partial charge in [0.05, 0.1) is 12.5 Å². The molecular formula is C27H38BrN3O7. The number of nitrogens with one attached hydrogen (secondary N) is 1. The van der Waals surface area contributed by atoms with Crippen molar-refractivity contribution in [2.24, 2.45) is 11.8 Å². The van der Waals surface area contributed by atoms with Crippen LogP contribution in [0.1, 0.15) is 52.4 Å². The zero-order chi connectivity index (χ0) is 27.4. The number of cyclic esters (lactones) is 1. The standard InChI is InChI=1S/C27H38BrN3O7/c1-3-4-11-30-12-7-5-6-10-19(33)29-16-17(2)37-26(36)20-21-24(34)31(13-8-9-14-32)23(25(30)35)27(21)15-18(28)22(20)38-27/h5,7,15,17,20-23,32H,3-4,6,8-14,16H2,1-2H3,(H,29,33)/b7-5-/t17-,20+,21-,22+,23+,27-/m0/s1.